The van der Waals surface area contributed by atoms with Crippen LogP contribution in [-0.2, 0) is 0 Å². The summed E-state index contributed by atoms with van der Waals surface area (Å²) in [5.74, 6) is 0.0417. The Hall–Kier alpha value is -0.880. The van der Waals surface area contributed by atoms with Gasteiger partial charge < -0.3 is 20.5 Å². The molecule has 20 heavy (non-hydrogen) atoms. The highest BCUT2D eigenvalue weighted by Gasteiger charge is 2.22. The van der Waals surface area contributed by atoms with Gasteiger partial charge in [0.05, 0.1) is 11.1 Å². The van der Waals surface area contributed by atoms with Crippen LogP contribution in [0, 0.1) is 5.82 Å². The van der Waals surface area contributed by atoms with E-state index in [1.54, 1.807) is 6.07 Å². The number of aliphatic hydroxyl groups excluding tert-OH is 1. The molecule has 1 aromatic carbocycles. The predicted octanol–water partition coefficient (Wildman–Crippen LogP) is 1.64. The largest absolute Gasteiger partial charge is 0.490 e. The number of nitrogens with zero attached hydrogens (tertiary/aromatic N) is 1. The van der Waals surface area contributed by atoms with Gasteiger partial charge in [-0.05, 0) is 25.0 Å². The molecule has 1 aromatic rings. The van der Waals surface area contributed by atoms with E-state index in [1.807, 2.05) is 0 Å². The van der Waals surface area contributed by atoms with Gasteiger partial charge in [-0.25, -0.2) is 4.39 Å². The zero-order valence-corrected chi connectivity index (χ0v) is 12.0. The quantitative estimate of drug-likeness (QED) is 0.868. The van der Waals surface area contributed by atoms with Crippen molar-refractivity contribution in [3.05, 3.63) is 29.0 Å². The van der Waals surface area contributed by atoms with Crippen LogP contribution < -0.4 is 10.5 Å². The summed E-state index contributed by atoms with van der Waals surface area (Å²) in [6, 6.07) is 4.49. The van der Waals surface area contributed by atoms with Crippen LogP contribution in [0.2, 0.25) is 5.02 Å². The van der Waals surface area contributed by atoms with Gasteiger partial charge in [0.15, 0.2) is 0 Å². The van der Waals surface area contributed by atoms with E-state index in [1.165, 1.54) is 12.1 Å². The number of benzene rings is 1. The maximum absolute atomic E-state index is 13.3. The average molecular weight is 303 g/mol. The molecule has 1 atom stereocenters. The smallest absolute Gasteiger partial charge is 0.145 e. The number of aliphatic hydroxyl groups is 1. The number of β-amino-alcohol motifs (C(OH)–C–C–N with tert-alkyl or cyclic N) is 1. The fourth-order valence-corrected chi connectivity index (χ4v) is 2.44. The molecule has 0 saturated carbocycles. The van der Waals surface area contributed by atoms with Crippen LogP contribution in [0.25, 0.3) is 0 Å². The topological polar surface area (TPSA) is 58.7 Å². The van der Waals surface area contributed by atoms with Crippen LogP contribution in [0.1, 0.15) is 12.8 Å². The van der Waals surface area contributed by atoms with Crippen LogP contribution >= 0.6 is 11.6 Å². The number of rotatable bonds is 5. The maximum Gasteiger partial charge on any atom is 0.145 e. The molecule has 0 unspecified atom stereocenters. The second kappa shape index (κ2) is 7.22. The van der Waals surface area contributed by atoms with E-state index in [-0.39, 0.29) is 17.7 Å². The minimum atomic E-state index is -0.474. The monoisotopic (exact) mass is 302 g/mol. The zero-order valence-electron chi connectivity index (χ0n) is 11.3. The van der Waals surface area contributed by atoms with E-state index in [2.05, 4.69) is 4.90 Å². The Morgan fingerprint density at radius 3 is 2.75 bits per heavy atom. The number of halogens is 2. The van der Waals surface area contributed by atoms with E-state index >= 15 is 0 Å². The van der Waals surface area contributed by atoms with E-state index in [0.29, 0.717) is 12.3 Å². The molecule has 1 aliphatic rings. The SMILES string of the molecule is NC[C@@H](O)CN1CCC(Oc2ccc(Cl)c(F)c2)CC1. The summed E-state index contributed by atoms with van der Waals surface area (Å²) in [7, 11) is 0. The highest BCUT2D eigenvalue weighted by molar-refractivity contribution is 6.30. The first-order chi connectivity index (χ1) is 9.58. The molecule has 0 amide bonds. The molecule has 4 nitrogen and oxygen atoms in total. The van der Waals surface area contributed by atoms with Crippen LogP contribution in [0.15, 0.2) is 18.2 Å². The zero-order chi connectivity index (χ0) is 14.5. The third-order valence-electron chi connectivity index (χ3n) is 3.47. The van der Waals surface area contributed by atoms with Gasteiger partial charge in [0, 0.05) is 32.2 Å². The van der Waals surface area contributed by atoms with Gasteiger partial charge >= 0.3 is 0 Å². The Morgan fingerprint density at radius 1 is 1.45 bits per heavy atom. The van der Waals surface area contributed by atoms with Crippen LogP contribution in [0.5, 0.6) is 5.75 Å². The van der Waals surface area contributed by atoms with Gasteiger partial charge in [0.25, 0.3) is 0 Å². The number of ether oxygens (including phenoxy) is 1. The molecule has 0 bridgehead atoms. The number of hydrogen-bond acceptors (Lipinski definition) is 4. The van der Waals surface area contributed by atoms with Crippen molar-refractivity contribution in [3.8, 4) is 5.75 Å². The van der Waals surface area contributed by atoms with Crippen molar-refractivity contribution in [2.45, 2.75) is 25.0 Å². The van der Waals surface area contributed by atoms with E-state index in [9.17, 15) is 9.50 Å². The van der Waals surface area contributed by atoms with Crippen molar-refractivity contribution < 1.29 is 14.2 Å². The fourth-order valence-electron chi connectivity index (χ4n) is 2.32. The molecule has 1 fully saturated rings. The molecular formula is C14H20ClFN2O2. The summed E-state index contributed by atoms with van der Waals surface area (Å²) >= 11 is 5.63. The molecule has 0 aromatic heterocycles. The molecule has 0 spiro atoms. The average Bonchev–Trinajstić information content (AvgIpc) is 2.45. The third kappa shape index (κ3) is 4.31. The highest BCUT2D eigenvalue weighted by Crippen LogP contribution is 2.23. The summed E-state index contributed by atoms with van der Waals surface area (Å²) in [5, 5.41) is 9.62. The standard InChI is InChI=1S/C14H20ClFN2O2/c15-13-2-1-12(7-14(13)16)20-11-3-5-18(6-4-11)9-10(19)8-17/h1-2,7,10-11,19H,3-6,8-9,17H2/t10-/m1/s1. The minimum Gasteiger partial charge on any atom is -0.490 e. The van der Waals surface area contributed by atoms with Crippen LogP contribution in [0.3, 0.4) is 0 Å². The van der Waals surface area contributed by atoms with Gasteiger partial charge in [-0.3, -0.25) is 0 Å². The molecule has 0 radical (unpaired) electrons. The van der Waals surface area contributed by atoms with Crippen molar-refractivity contribution in [1.82, 2.24) is 4.90 Å². The first kappa shape index (κ1) is 15.5. The molecule has 2 rings (SSSR count). The van der Waals surface area contributed by atoms with E-state index < -0.39 is 11.9 Å². The molecule has 1 aliphatic heterocycles. The first-order valence-electron chi connectivity index (χ1n) is 6.80. The van der Waals surface area contributed by atoms with Gasteiger partial charge in [0.2, 0.25) is 0 Å². The summed E-state index contributed by atoms with van der Waals surface area (Å²) in [6.45, 7) is 2.56. The Labute approximate surface area is 123 Å². The van der Waals surface area contributed by atoms with Gasteiger partial charge in [0.1, 0.15) is 17.7 Å². The third-order valence-corrected chi connectivity index (χ3v) is 3.78. The molecule has 6 heteroatoms. The molecule has 112 valence electrons. The van der Waals surface area contributed by atoms with Crippen molar-refractivity contribution in [2.75, 3.05) is 26.2 Å². The van der Waals surface area contributed by atoms with Gasteiger partial charge in [-0.1, -0.05) is 11.6 Å². The normalized spacial score (nSPS) is 19.0. The lowest BCUT2D eigenvalue weighted by Gasteiger charge is -2.33. The van der Waals surface area contributed by atoms with Crippen molar-refractivity contribution >= 4 is 11.6 Å². The Balaban J connectivity index is 1.80. The molecule has 0 aliphatic carbocycles. The van der Waals surface area contributed by atoms with Gasteiger partial charge in [-0.2, -0.15) is 0 Å². The summed E-state index contributed by atoms with van der Waals surface area (Å²) < 4.78 is 19.1. The van der Waals surface area contributed by atoms with E-state index in [4.69, 9.17) is 22.1 Å². The van der Waals surface area contributed by atoms with Crippen molar-refractivity contribution in [3.63, 3.8) is 0 Å². The second-order valence-electron chi connectivity index (χ2n) is 5.08. The first-order valence-corrected chi connectivity index (χ1v) is 7.18. The van der Waals surface area contributed by atoms with E-state index in [0.717, 1.165) is 25.9 Å². The number of piperidine rings is 1. The lowest BCUT2D eigenvalue weighted by Crippen LogP contribution is -2.43. The predicted molar refractivity (Wildman–Crippen MR) is 76.6 cm³/mol. The summed E-state index contributed by atoms with van der Waals surface area (Å²) in [4.78, 5) is 2.17. The lowest BCUT2D eigenvalue weighted by molar-refractivity contribution is 0.0640. The Morgan fingerprint density at radius 2 is 2.15 bits per heavy atom. The number of likely N-dealkylation sites (tertiary alicyclic amines) is 1. The van der Waals surface area contributed by atoms with Crippen LogP contribution in [-0.4, -0.2) is 48.4 Å². The molecule has 3 N–H and O–H groups in total. The summed E-state index contributed by atoms with van der Waals surface area (Å²) in [6.07, 6.45) is 1.29. The molecular weight excluding hydrogens is 283 g/mol. The van der Waals surface area contributed by atoms with Crippen LogP contribution in [0.4, 0.5) is 4.39 Å². The van der Waals surface area contributed by atoms with Gasteiger partial charge in [-0.15, -0.1) is 0 Å². The number of nitrogens with two attached hydrogens (primary N) is 1. The highest BCUT2D eigenvalue weighted by atomic mass is 35.5. The summed E-state index contributed by atoms with van der Waals surface area (Å²) in [5.41, 5.74) is 5.40. The Kier molecular flexibility index (Phi) is 5.60. The second-order valence-corrected chi connectivity index (χ2v) is 5.49. The number of hydrogen-bond donors (Lipinski definition) is 2. The minimum absolute atomic E-state index is 0.0712. The maximum atomic E-state index is 13.3. The fraction of sp³-hybridized carbons (Fsp3) is 0.571. The molecule has 1 saturated heterocycles. The lowest BCUT2D eigenvalue weighted by atomic mass is 10.1. The van der Waals surface area contributed by atoms with Crippen molar-refractivity contribution in [1.29, 1.82) is 0 Å². The molecule has 1 heterocycles. The Bertz CT molecular complexity index is 439. The van der Waals surface area contributed by atoms with Crippen molar-refractivity contribution in [2.24, 2.45) is 5.73 Å².